The van der Waals surface area contributed by atoms with Crippen LogP contribution in [0.1, 0.15) is 47.2 Å². The fraction of sp³-hybridized carbons (Fsp3) is 0.455. The molecule has 1 aromatic carbocycles. The van der Waals surface area contributed by atoms with Crippen LogP contribution >= 0.6 is 0 Å². The number of anilines is 1. The van der Waals surface area contributed by atoms with Gasteiger partial charge < -0.3 is 10.2 Å². The van der Waals surface area contributed by atoms with Gasteiger partial charge in [-0.25, -0.2) is 0 Å². The van der Waals surface area contributed by atoms with Crippen molar-refractivity contribution in [3.05, 3.63) is 59.4 Å². The summed E-state index contributed by atoms with van der Waals surface area (Å²) in [6.45, 7) is 2.96. The molecule has 136 valence electrons. The maximum Gasteiger partial charge on any atom is 0.251 e. The van der Waals surface area contributed by atoms with Gasteiger partial charge >= 0.3 is 0 Å². The number of aromatic nitrogens is 1. The molecule has 0 bridgehead atoms. The van der Waals surface area contributed by atoms with E-state index in [4.69, 9.17) is 0 Å². The van der Waals surface area contributed by atoms with Crippen LogP contribution in [0.5, 0.6) is 0 Å². The summed E-state index contributed by atoms with van der Waals surface area (Å²) in [5.74, 6) is 0.780. The Bertz CT molecular complexity index is 751. The smallest absolute Gasteiger partial charge is 0.251 e. The highest BCUT2D eigenvalue weighted by atomic mass is 16.1. The first kappa shape index (κ1) is 17.1. The van der Waals surface area contributed by atoms with Crippen LogP contribution in [0, 0.1) is 5.92 Å². The van der Waals surface area contributed by atoms with E-state index in [1.807, 2.05) is 18.5 Å². The van der Waals surface area contributed by atoms with Crippen LogP contribution in [0.4, 0.5) is 5.69 Å². The molecule has 0 unspecified atom stereocenters. The Hall–Kier alpha value is -2.36. The molecule has 2 heterocycles. The van der Waals surface area contributed by atoms with Crippen molar-refractivity contribution in [2.75, 3.05) is 24.5 Å². The van der Waals surface area contributed by atoms with E-state index in [1.165, 1.54) is 36.1 Å². The minimum atomic E-state index is 0.0777. The third-order valence-electron chi connectivity index (χ3n) is 5.84. The highest BCUT2D eigenvalue weighted by molar-refractivity contribution is 5.94. The molecule has 1 saturated heterocycles. The van der Waals surface area contributed by atoms with Crippen molar-refractivity contribution >= 4 is 11.6 Å². The zero-order valence-corrected chi connectivity index (χ0v) is 15.3. The van der Waals surface area contributed by atoms with Gasteiger partial charge in [-0.1, -0.05) is 6.07 Å². The summed E-state index contributed by atoms with van der Waals surface area (Å²) in [5, 5.41) is 3.12. The number of amides is 1. The number of pyridine rings is 1. The number of fused-ring (bicyclic) bond motifs is 1. The molecule has 1 N–H and O–H groups in total. The van der Waals surface area contributed by atoms with E-state index in [0.29, 0.717) is 5.92 Å². The first-order chi connectivity index (χ1) is 12.8. The van der Waals surface area contributed by atoms with Crippen molar-refractivity contribution in [3.8, 4) is 0 Å². The Morgan fingerprint density at radius 2 is 1.85 bits per heavy atom. The van der Waals surface area contributed by atoms with E-state index in [9.17, 15) is 4.79 Å². The quantitative estimate of drug-likeness (QED) is 0.897. The van der Waals surface area contributed by atoms with Crippen molar-refractivity contribution < 1.29 is 4.79 Å². The van der Waals surface area contributed by atoms with E-state index in [1.54, 1.807) is 0 Å². The lowest BCUT2D eigenvalue weighted by atomic mass is 9.93. The largest absolute Gasteiger partial charge is 0.371 e. The predicted molar refractivity (Wildman–Crippen MR) is 105 cm³/mol. The average Bonchev–Trinajstić information content (AvgIpc) is 3.17. The number of carbonyl (C=O) groups is 1. The van der Waals surface area contributed by atoms with Gasteiger partial charge in [0.1, 0.15) is 0 Å². The first-order valence-electron chi connectivity index (χ1n) is 9.84. The molecule has 4 nitrogen and oxygen atoms in total. The van der Waals surface area contributed by atoms with E-state index in [2.05, 4.69) is 39.5 Å². The van der Waals surface area contributed by atoms with E-state index in [0.717, 1.165) is 44.5 Å². The van der Waals surface area contributed by atoms with E-state index in [-0.39, 0.29) is 5.91 Å². The average molecular weight is 349 g/mol. The Morgan fingerprint density at radius 3 is 2.65 bits per heavy atom. The summed E-state index contributed by atoms with van der Waals surface area (Å²) < 4.78 is 0. The van der Waals surface area contributed by atoms with Crippen LogP contribution in [-0.2, 0) is 12.8 Å². The zero-order chi connectivity index (χ0) is 17.8. The number of piperidine rings is 1. The third-order valence-corrected chi connectivity index (χ3v) is 5.84. The summed E-state index contributed by atoms with van der Waals surface area (Å²) in [4.78, 5) is 18.9. The molecule has 2 aromatic rings. The van der Waals surface area contributed by atoms with Gasteiger partial charge in [0.15, 0.2) is 0 Å². The lowest BCUT2D eigenvalue weighted by Gasteiger charge is -2.33. The molecule has 1 amide bonds. The van der Waals surface area contributed by atoms with Crippen molar-refractivity contribution in [1.82, 2.24) is 10.3 Å². The summed E-state index contributed by atoms with van der Waals surface area (Å²) in [6.07, 6.45) is 10.7. The van der Waals surface area contributed by atoms with Gasteiger partial charge in [-0.3, -0.25) is 9.78 Å². The number of nitrogens with zero attached hydrogens (tertiary/aromatic N) is 2. The minimum Gasteiger partial charge on any atom is -0.371 e. The van der Waals surface area contributed by atoms with Crippen LogP contribution in [0.15, 0.2) is 42.7 Å². The molecule has 0 spiro atoms. The predicted octanol–water partition coefficient (Wildman–Crippen LogP) is 3.61. The number of carbonyl (C=O) groups excluding carboxylic acids is 1. The molecular weight excluding hydrogens is 322 g/mol. The van der Waals surface area contributed by atoms with Crippen LogP contribution in [0.3, 0.4) is 0 Å². The Balaban J connectivity index is 1.21. The molecule has 2 aliphatic rings. The number of hydrogen-bond donors (Lipinski definition) is 1. The molecule has 0 saturated carbocycles. The minimum absolute atomic E-state index is 0.0777. The summed E-state index contributed by atoms with van der Waals surface area (Å²) in [6, 6.07) is 10.4. The standard InChI is InChI=1S/C22H27N3O/c26-22(20-5-4-18-2-1-3-19(18)16-20)24-13-6-17-9-14-25(15-10-17)21-7-11-23-12-8-21/h4-5,7-8,11-12,16-17H,1-3,6,9-10,13-15H2,(H,24,26). The number of hydrogen-bond acceptors (Lipinski definition) is 3. The second-order valence-corrected chi connectivity index (χ2v) is 7.52. The second-order valence-electron chi connectivity index (χ2n) is 7.52. The Kier molecular flexibility index (Phi) is 5.19. The second kappa shape index (κ2) is 7.90. The SMILES string of the molecule is O=C(NCCC1CCN(c2ccncc2)CC1)c1ccc2c(c1)CCC2. The Morgan fingerprint density at radius 1 is 1.08 bits per heavy atom. The fourth-order valence-electron chi connectivity index (χ4n) is 4.24. The molecule has 1 aromatic heterocycles. The molecule has 1 fully saturated rings. The van der Waals surface area contributed by atoms with Gasteiger partial charge in [-0.15, -0.1) is 0 Å². The van der Waals surface area contributed by atoms with Gasteiger partial charge in [0.2, 0.25) is 0 Å². The maximum absolute atomic E-state index is 12.4. The molecule has 1 aliphatic heterocycles. The molecule has 26 heavy (non-hydrogen) atoms. The zero-order valence-electron chi connectivity index (χ0n) is 15.3. The molecular formula is C22H27N3O. The summed E-state index contributed by atoms with van der Waals surface area (Å²) in [7, 11) is 0. The number of benzene rings is 1. The number of nitrogens with one attached hydrogen (secondary N) is 1. The highest BCUT2D eigenvalue weighted by Gasteiger charge is 2.20. The van der Waals surface area contributed by atoms with Crippen LogP contribution < -0.4 is 10.2 Å². The van der Waals surface area contributed by atoms with Gasteiger partial charge in [0, 0.05) is 43.3 Å². The fourth-order valence-corrected chi connectivity index (χ4v) is 4.24. The first-order valence-corrected chi connectivity index (χ1v) is 9.84. The van der Waals surface area contributed by atoms with Gasteiger partial charge in [0.25, 0.3) is 5.91 Å². The van der Waals surface area contributed by atoms with Gasteiger partial charge in [-0.2, -0.15) is 0 Å². The summed E-state index contributed by atoms with van der Waals surface area (Å²) in [5.41, 5.74) is 4.87. The molecule has 0 atom stereocenters. The number of rotatable bonds is 5. The molecule has 1 aliphatic carbocycles. The summed E-state index contributed by atoms with van der Waals surface area (Å²) >= 11 is 0. The van der Waals surface area contributed by atoms with E-state index < -0.39 is 0 Å². The van der Waals surface area contributed by atoms with E-state index >= 15 is 0 Å². The Labute approximate surface area is 155 Å². The third kappa shape index (κ3) is 3.90. The monoisotopic (exact) mass is 349 g/mol. The number of aryl methyl sites for hydroxylation is 2. The lowest BCUT2D eigenvalue weighted by molar-refractivity contribution is 0.0950. The molecule has 0 radical (unpaired) electrons. The van der Waals surface area contributed by atoms with Crippen molar-refractivity contribution in [1.29, 1.82) is 0 Å². The molecule has 4 heteroatoms. The molecule has 4 rings (SSSR count). The lowest BCUT2D eigenvalue weighted by Crippen LogP contribution is -2.35. The highest BCUT2D eigenvalue weighted by Crippen LogP contribution is 2.25. The van der Waals surface area contributed by atoms with Crippen molar-refractivity contribution in [3.63, 3.8) is 0 Å². The van der Waals surface area contributed by atoms with Crippen molar-refractivity contribution in [2.45, 2.75) is 38.5 Å². The van der Waals surface area contributed by atoms with Crippen LogP contribution in [0.25, 0.3) is 0 Å². The van der Waals surface area contributed by atoms with Crippen LogP contribution in [0.2, 0.25) is 0 Å². The normalized spacial score (nSPS) is 17.2. The van der Waals surface area contributed by atoms with Gasteiger partial charge in [-0.05, 0) is 79.8 Å². The topological polar surface area (TPSA) is 45.2 Å². The van der Waals surface area contributed by atoms with Crippen LogP contribution in [-0.4, -0.2) is 30.5 Å². The van der Waals surface area contributed by atoms with Crippen molar-refractivity contribution in [2.24, 2.45) is 5.92 Å². The maximum atomic E-state index is 12.4. The van der Waals surface area contributed by atoms with Gasteiger partial charge in [0.05, 0.1) is 0 Å².